The van der Waals surface area contributed by atoms with Gasteiger partial charge in [-0.3, -0.25) is 4.79 Å². The van der Waals surface area contributed by atoms with E-state index in [0.29, 0.717) is 17.5 Å². The molecule has 1 aromatic carbocycles. The van der Waals surface area contributed by atoms with Crippen molar-refractivity contribution < 1.29 is 4.79 Å². The molecule has 5 heteroatoms. The molecule has 1 amide bonds. The summed E-state index contributed by atoms with van der Waals surface area (Å²) in [7, 11) is 0. The molecule has 1 aliphatic rings. The summed E-state index contributed by atoms with van der Waals surface area (Å²) in [4.78, 5) is 14.2. The van der Waals surface area contributed by atoms with Crippen molar-refractivity contribution in [3.05, 3.63) is 29.3 Å². The van der Waals surface area contributed by atoms with Gasteiger partial charge < -0.3 is 15.5 Å². The van der Waals surface area contributed by atoms with Crippen LogP contribution in [-0.2, 0) is 4.79 Å². The fraction of sp³-hybridized carbons (Fsp3) is 0.533. The molecule has 0 aliphatic carbocycles. The van der Waals surface area contributed by atoms with Crippen LogP contribution in [0, 0.1) is 5.92 Å². The summed E-state index contributed by atoms with van der Waals surface area (Å²) >= 11 is 5.87. The van der Waals surface area contributed by atoms with E-state index in [-0.39, 0.29) is 5.91 Å². The highest BCUT2D eigenvalue weighted by Crippen LogP contribution is 2.15. The number of hydrogen-bond acceptors (Lipinski definition) is 3. The summed E-state index contributed by atoms with van der Waals surface area (Å²) in [5.41, 5.74) is 0.738. The highest BCUT2D eigenvalue weighted by atomic mass is 35.5. The molecule has 0 bridgehead atoms. The lowest BCUT2D eigenvalue weighted by atomic mass is 10.1. The topological polar surface area (TPSA) is 44.4 Å². The Labute approximate surface area is 125 Å². The number of hydrogen-bond donors (Lipinski definition) is 2. The molecule has 0 saturated carbocycles. The maximum Gasteiger partial charge on any atom is 0.238 e. The van der Waals surface area contributed by atoms with Crippen LogP contribution in [0.25, 0.3) is 0 Å². The Morgan fingerprint density at radius 1 is 1.50 bits per heavy atom. The summed E-state index contributed by atoms with van der Waals surface area (Å²) in [6, 6.07) is 7.19. The number of halogens is 1. The number of rotatable bonds is 6. The fourth-order valence-corrected chi connectivity index (χ4v) is 2.72. The van der Waals surface area contributed by atoms with Crippen LogP contribution in [0.4, 0.5) is 5.69 Å². The Morgan fingerprint density at radius 2 is 2.35 bits per heavy atom. The Kier molecular flexibility index (Phi) is 5.83. The van der Waals surface area contributed by atoms with Gasteiger partial charge in [0.05, 0.1) is 6.54 Å². The zero-order valence-corrected chi connectivity index (χ0v) is 12.6. The zero-order valence-electron chi connectivity index (χ0n) is 11.9. The van der Waals surface area contributed by atoms with Crippen LogP contribution in [0.1, 0.15) is 13.3 Å². The molecule has 1 saturated heterocycles. The second kappa shape index (κ2) is 7.62. The fourth-order valence-electron chi connectivity index (χ4n) is 2.53. The van der Waals surface area contributed by atoms with Crippen LogP contribution in [0.15, 0.2) is 24.3 Å². The number of nitrogens with zero attached hydrogens (tertiary/aromatic N) is 1. The Hall–Kier alpha value is -1.10. The van der Waals surface area contributed by atoms with Gasteiger partial charge in [-0.25, -0.2) is 0 Å². The van der Waals surface area contributed by atoms with Gasteiger partial charge in [-0.05, 0) is 50.2 Å². The van der Waals surface area contributed by atoms with Gasteiger partial charge in [-0.15, -0.1) is 0 Å². The van der Waals surface area contributed by atoms with E-state index in [2.05, 4.69) is 22.5 Å². The predicted octanol–water partition coefficient (Wildman–Crippen LogP) is 2.21. The van der Waals surface area contributed by atoms with Crippen molar-refractivity contribution in [3.8, 4) is 0 Å². The maximum atomic E-state index is 11.8. The molecular formula is C15H22ClN3O. The SMILES string of the molecule is CCN1CCC(CNCC(=O)Nc2cccc(Cl)c2)C1. The van der Waals surface area contributed by atoms with Gasteiger partial charge in [0, 0.05) is 17.3 Å². The van der Waals surface area contributed by atoms with Crippen LogP contribution in [0.2, 0.25) is 5.02 Å². The second-order valence-electron chi connectivity index (χ2n) is 5.24. The molecule has 1 aliphatic heterocycles. The molecule has 20 heavy (non-hydrogen) atoms. The van der Waals surface area contributed by atoms with E-state index in [0.717, 1.165) is 25.3 Å². The minimum atomic E-state index is -0.0300. The molecule has 1 unspecified atom stereocenters. The Morgan fingerprint density at radius 3 is 3.05 bits per heavy atom. The van der Waals surface area contributed by atoms with E-state index in [9.17, 15) is 4.79 Å². The van der Waals surface area contributed by atoms with Crippen LogP contribution >= 0.6 is 11.6 Å². The van der Waals surface area contributed by atoms with Crippen LogP contribution in [0.5, 0.6) is 0 Å². The van der Waals surface area contributed by atoms with Crippen molar-refractivity contribution in [3.63, 3.8) is 0 Å². The van der Waals surface area contributed by atoms with Gasteiger partial charge in [0.2, 0.25) is 5.91 Å². The van der Waals surface area contributed by atoms with Crippen molar-refractivity contribution in [1.29, 1.82) is 0 Å². The summed E-state index contributed by atoms with van der Waals surface area (Å²) in [6.07, 6.45) is 1.22. The molecule has 2 N–H and O–H groups in total. The van der Waals surface area contributed by atoms with Crippen LogP contribution in [-0.4, -0.2) is 43.5 Å². The molecule has 110 valence electrons. The smallest absolute Gasteiger partial charge is 0.238 e. The molecule has 1 aromatic rings. The minimum Gasteiger partial charge on any atom is -0.325 e. The van der Waals surface area contributed by atoms with Crippen molar-refractivity contribution in [1.82, 2.24) is 10.2 Å². The molecule has 1 atom stereocenters. The molecular weight excluding hydrogens is 274 g/mol. The number of nitrogens with one attached hydrogen (secondary N) is 2. The van der Waals surface area contributed by atoms with E-state index in [4.69, 9.17) is 11.6 Å². The van der Waals surface area contributed by atoms with Gasteiger partial charge in [0.25, 0.3) is 0 Å². The molecule has 0 radical (unpaired) electrons. The van der Waals surface area contributed by atoms with E-state index in [1.807, 2.05) is 12.1 Å². The van der Waals surface area contributed by atoms with E-state index in [1.165, 1.54) is 13.0 Å². The number of benzene rings is 1. The first-order chi connectivity index (χ1) is 9.67. The highest BCUT2D eigenvalue weighted by Gasteiger charge is 2.20. The number of amides is 1. The summed E-state index contributed by atoms with van der Waals surface area (Å²) in [6.45, 7) is 6.87. The molecule has 1 fully saturated rings. The van der Waals surface area contributed by atoms with Crippen LogP contribution < -0.4 is 10.6 Å². The van der Waals surface area contributed by atoms with E-state index in [1.54, 1.807) is 12.1 Å². The number of likely N-dealkylation sites (tertiary alicyclic amines) is 1. The van der Waals surface area contributed by atoms with Crippen molar-refractivity contribution in [2.24, 2.45) is 5.92 Å². The summed E-state index contributed by atoms with van der Waals surface area (Å²) in [5.74, 6) is 0.631. The largest absolute Gasteiger partial charge is 0.325 e. The molecule has 4 nitrogen and oxygen atoms in total. The third kappa shape index (κ3) is 4.78. The van der Waals surface area contributed by atoms with Gasteiger partial charge in [0.1, 0.15) is 0 Å². The van der Waals surface area contributed by atoms with E-state index < -0.39 is 0 Å². The molecule has 2 rings (SSSR count). The standard InChI is InChI=1S/C15H22ClN3O/c1-2-19-7-6-12(11-19)9-17-10-15(20)18-14-5-3-4-13(16)8-14/h3-5,8,12,17H,2,6-7,9-11H2,1H3,(H,18,20). The van der Waals surface area contributed by atoms with E-state index >= 15 is 0 Å². The second-order valence-corrected chi connectivity index (χ2v) is 5.67. The average molecular weight is 296 g/mol. The maximum absolute atomic E-state index is 11.8. The number of carbonyl (C=O) groups excluding carboxylic acids is 1. The molecule has 0 spiro atoms. The Bertz CT molecular complexity index is 452. The van der Waals surface area contributed by atoms with Crippen molar-refractivity contribution >= 4 is 23.2 Å². The van der Waals surface area contributed by atoms with Crippen molar-refractivity contribution in [2.45, 2.75) is 13.3 Å². The van der Waals surface area contributed by atoms with Gasteiger partial charge in [0.15, 0.2) is 0 Å². The quantitative estimate of drug-likeness (QED) is 0.846. The lowest BCUT2D eigenvalue weighted by Crippen LogP contribution is -2.32. The minimum absolute atomic E-state index is 0.0300. The molecule has 1 heterocycles. The summed E-state index contributed by atoms with van der Waals surface area (Å²) < 4.78 is 0. The first kappa shape index (κ1) is 15.3. The van der Waals surface area contributed by atoms with Gasteiger partial charge in [-0.2, -0.15) is 0 Å². The lowest BCUT2D eigenvalue weighted by Gasteiger charge is -2.13. The lowest BCUT2D eigenvalue weighted by molar-refractivity contribution is -0.115. The first-order valence-electron chi connectivity index (χ1n) is 7.16. The Balaban J connectivity index is 1.66. The monoisotopic (exact) mass is 295 g/mol. The van der Waals surface area contributed by atoms with Gasteiger partial charge in [-0.1, -0.05) is 24.6 Å². The van der Waals surface area contributed by atoms with Gasteiger partial charge >= 0.3 is 0 Å². The molecule has 0 aromatic heterocycles. The zero-order chi connectivity index (χ0) is 14.4. The normalized spacial score (nSPS) is 19.2. The first-order valence-corrected chi connectivity index (χ1v) is 7.53. The van der Waals surface area contributed by atoms with Crippen LogP contribution in [0.3, 0.4) is 0 Å². The third-order valence-corrected chi connectivity index (χ3v) is 3.88. The average Bonchev–Trinajstić information content (AvgIpc) is 2.86. The predicted molar refractivity (Wildman–Crippen MR) is 83.2 cm³/mol. The number of anilines is 1. The highest BCUT2D eigenvalue weighted by molar-refractivity contribution is 6.30. The van der Waals surface area contributed by atoms with Crippen molar-refractivity contribution in [2.75, 3.05) is 38.0 Å². The third-order valence-electron chi connectivity index (χ3n) is 3.64. The summed E-state index contributed by atoms with van der Waals surface area (Å²) in [5, 5.41) is 6.69. The number of carbonyl (C=O) groups is 1.